The van der Waals surface area contributed by atoms with E-state index in [4.69, 9.17) is 0 Å². The van der Waals surface area contributed by atoms with Gasteiger partial charge in [0.05, 0.1) is 0 Å². The van der Waals surface area contributed by atoms with Crippen molar-refractivity contribution in [2.45, 2.75) is 47.6 Å². The summed E-state index contributed by atoms with van der Waals surface area (Å²) in [4.78, 5) is 25.7. The molecule has 94 valence electrons. The van der Waals surface area contributed by atoms with Crippen LogP contribution in [0.15, 0.2) is 0 Å². The third kappa shape index (κ3) is 3.51. The van der Waals surface area contributed by atoms with E-state index in [9.17, 15) is 9.59 Å². The van der Waals surface area contributed by atoms with Gasteiger partial charge >= 0.3 is 0 Å². The molecule has 0 aliphatic rings. The van der Waals surface area contributed by atoms with Gasteiger partial charge in [0.15, 0.2) is 0 Å². The minimum absolute atomic E-state index is 0.0521. The van der Waals surface area contributed by atoms with Crippen molar-refractivity contribution >= 4 is 11.8 Å². The van der Waals surface area contributed by atoms with Gasteiger partial charge in [-0.2, -0.15) is 0 Å². The number of nitrogens with zero attached hydrogens (tertiary/aromatic N) is 1. The molecule has 1 N–H and O–H groups in total. The summed E-state index contributed by atoms with van der Waals surface area (Å²) >= 11 is 0. The van der Waals surface area contributed by atoms with Crippen LogP contribution in [-0.4, -0.2) is 35.8 Å². The Hall–Kier alpha value is -1.06. The fourth-order valence-corrected chi connectivity index (χ4v) is 1.45. The third-order valence-corrected chi connectivity index (χ3v) is 2.57. The zero-order valence-corrected chi connectivity index (χ0v) is 11.3. The zero-order chi connectivity index (χ0) is 12.9. The highest BCUT2D eigenvalue weighted by Gasteiger charge is 2.38. The van der Waals surface area contributed by atoms with Crippen molar-refractivity contribution in [1.82, 2.24) is 10.2 Å². The molecule has 4 nitrogen and oxygen atoms in total. The Morgan fingerprint density at radius 1 is 1.19 bits per heavy atom. The second-order valence-electron chi connectivity index (χ2n) is 4.73. The molecule has 16 heavy (non-hydrogen) atoms. The Kier molecular flexibility index (Phi) is 5.48. The van der Waals surface area contributed by atoms with Gasteiger partial charge in [-0.3, -0.25) is 9.59 Å². The van der Waals surface area contributed by atoms with Crippen LogP contribution < -0.4 is 5.32 Å². The monoisotopic (exact) mass is 228 g/mol. The van der Waals surface area contributed by atoms with Gasteiger partial charge in [-0.15, -0.1) is 0 Å². The van der Waals surface area contributed by atoms with Gasteiger partial charge in [-0.1, -0.05) is 0 Å². The number of amides is 2. The average Bonchev–Trinajstić information content (AvgIpc) is 2.18. The van der Waals surface area contributed by atoms with E-state index in [2.05, 4.69) is 5.32 Å². The second-order valence-corrected chi connectivity index (χ2v) is 4.73. The van der Waals surface area contributed by atoms with Gasteiger partial charge in [0.25, 0.3) is 0 Å². The molecule has 0 bridgehead atoms. The van der Waals surface area contributed by atoms with Gasteiger partial charge in [0.1, 0.15) is 5.41 Å². The van der Waals surface area contributed by atoms with Crippen LogP contribution in [0.3, 0.4) is 0 Å². The minimum atomic E-state index is -0.990. The third-order valence-electron chi connectivity index (χ3n) is 2.57. The molecule has 0 radical (unpaired) electrons. The van der Waals surface area contributed by atoms with Crippen molar-refractivity contribution in [3.63, 3.8) is 0 Å². The Morgan fingerprint density at radius 2 is 1.62 bits per heavy atom. The van der Waals surface area contributed by atoms with Crippen LogP contribution in [0.1, 0.15) is 41.5 Å². The first kappa shape index (κ1) is 14.9. The predicted molar refractivity (Wildman–Crippen MR) is 65.0 cm³/mol. The van der Waals surface area contributed by atoms with Crippen molar-refractivity contribution in [2.24, 2.45) is 5.41 Å². The molecule has 2 amide bonds. The lowest BCUT2D eigenvalue weighted by Gasteiger charge is -2.30. The van der Waals surface area contributed by atoms with E-state index >= 15 is 0 Å². The molecule has 0 heterocycles. The molecule has 0 atom stereocenters. The first-order valence-electron chi connectivity index (χ1n) is 5.87. The molecule has 0 unspecified atom stereocenters. The van der Waals surface area contributed by atoms with Crippen LogP contribution in [0.2, 0.25) is 0 Å². The standard InChI is InChI=1S/C12H24N2O2/c1-7-14(8-2)11(16)12(5,6)10(15)13-9(3)4/h9H,7-8H2,1-6H3,(H,13,15). The van der Waals surface area contributed by atoms with Gasteiger partial charge < -0.3 is 10.2 Å². The van der Waals surface area contributed by atoms with Crippen LogP contribution in [0.5, 0.6) is 0 Å². The Bertz CT molecular complexity index is 256. The lowest BCUT2D eigenvalue weighted by molar-refractivity contribution is -0.148. The van der Waals surface area contributed by atoms with Crippen LogP contribution in [-0.2, 0) is 9.59 Å². The van der Waals surface area contributed by atoms with Crippen LogP contribution >= 0.6 is 0 Å². The largest absolute Gasteiger partial charge is 0.353 e. The molecule has 0 aliphatic heterocycles. The highest BCUT2D eigenvalue weighted by Crippen LogP contribution is 2.19. The summed E-state index contributed by atoms with van der Waals surface area (Å²) in [5, 5.41) is 2.78. The van der Waals surface area contributed by atoms with E-state index in [1.807, 2.05) is 27.7 Å². The van der Waals surface area contributed by atoms with E-state index in [-0.39, 0.29) is 17.9 Å². The maximum atomic E-state index is 12.1. The Morgan fingerprint density at radius 3 is 1.94 bits per heavy atom. The number of carbonyl (C=O) groups excluding carboxylic acids is 2. The topological polar surface area (TPSA) is 49.4 Å². The molecule has 0 aromatic carbocycles. The SMILES string of the molecule is CCN(CC)C(=O)C(C)(C)C(=O)NC(C)C. The molecule has 0 saturated heterocycles. The molecule has 0 aliphatic carbocycles. The van der Waals surface area contributed by atoms with E-state index in [0.29, 0.717) is 13.1 Å². The quantitative estimate of drug-likeness (QED) is 0.723. The molecule has 0 rings (SSSR count). The smallest absolute Gasteiger partial charge is 0.237 e. The number of nitrogens with one attached hydrogen (secondary N) is 1. The summed E-state index contributed by atoms with van der Waals surface area (Å²) in [6.45, 7) is 12.2. The Labute approximate surface area is 98.4 Å². The molecule has 0 aromatic heterocycles. The first-order chi connectivity index (χ1) is 7.27. The van der Waals surface area contributed by atoms with Crippen molar-refractivity contribution in [3.8, 4) is 0 Å². The number of carbonyl (C=O) groups is 2. The van der Waals surface area contributed by atoms with Crippen LogP contribution in [0.4, 0.5) is 0 Å². The van der Waals surface area contributed by atoms with Crippen molar-refractivity contribution in [3.05, 3.63) is 0 Å². The fourth-order valence-electron chi connectivity index (χ4n) is 1.45. The number of rotatable bonds is 5. The summed E-state index contributed by atoms with van der Waals surface area (Å²) in [7, 11) is 0. The lowest BCUT2D eigenvalue weighted by atomic mass is 9.90. The van der Waals surface area contributed by atoms with E-state index in [1.54, 1.807) is 18.7 Å². The van der Waals surface area contributed by atoms with Gasteiger partial charge in [0, 0.05) is 19.1 Å². The molecule has 0 spiro atoms. The van der Waals surface area contributed by atoms with Crippen LogP contribution in [0, 0.1) is 5.41 Å². The summed E-state index contributed by atoms with van der Waals surface area (Å²) in [5.74, 6) is -0.324. The van der Waals surface area contributed by atoms with Crippen molar-refractivity contribution in [2.75, 3.05) is 13.1 Å². The maximum Gasteiger partial charge on any atom is 0.237 e. The van der Waals surface area contributed by atoms with Crippen LogP contribution in [0.25, 0.3) is 0 Å². The molecular weight excluding hydrogens is 204 g/mol. The summed E-state index contributed by atoms with van der Waals surface area (Å²) in [6.07, 6.45) is 0. The summed E-state index contributed by atoms with van der Waals surface area (Å²) in [5.41, 5.74) is -0.990. The summed E-state index contributed by atoms with van der Waals surface area (Å²) < 4.78 is 0. The fraction of sp³-hybridized carbons (Fsp3) is 0.833. The number of hydrogen-bond acceptors (Lipinski definition) is 2. The van der Waals surface area contributed by atoms with Crippen molar-refractivity contribution < 1.29 is 9.59 Å². The van der Waals surface area contributed by atoms with Crippen molar-refractivity contribution in [1.29, 1.82) is 0 Å². The maximum absolute atomic E-state index is 12.1. The minimum Gasteiger partial charge on any atom is -0.353 e. The summed E-state index contributed by atoms with van der Waals surface area (Å²) in [6, 6.07) is 0.0521. The molecule has 0 aromatic rings. The average molecular weight is 228 g/mol. The second kappa shape index (κ2) is 5.87. The molecule has 0 fully saturated rings. The van der Waals surface area contributed by atoms with E-state index < -0.39 is 5.41 Å². The normalized spacial score (nSPS) is 11.4. The molecule has 4 heteroatoms. The van der Waals surface area contributed by atoms with E-state index in [0.717, 1.165) is 0 Å². The molecular formula is C12H24N2O2. The first-order valence-corrected chi connectivity index (χ1v) is 5.87. The zero-order valence-electron chi connectivity index (χ0n) is 11.3. The Balaban J connectivity index is 4.76. The van der Waals surface area contributed by atoms with E-state index in [1.165, 1.54) is 0 Å². The predicted octanol–water partition coefficient (Wildman–Crippen LogP) is 1.41. The number of hydrogen-bond donors (Lipinski definition) is 1. The highest BCUT2D eigenvalue weighted by atomic mass is 16.2. The van der Waals surface area contributed by atoms with Gasteiger partial charge in [-0.05, 0) is 41.5 Å². The van der Waals surface area contributed by atoms with Gasteiger partial charge in [0.2, 0.25) is 11.8 Å². The molecule has 0 saturated carbocycles. The lowest BCUT2D eigenvalue weighted by Crippen LogP contribution is -2.50. The van der Waals surface area contributed by atoms with Gasteiger partial charge in [-0.25, -0.2) is 0 Å². The highest BCUT2D eigenvalue weighted by molar-refractivity contribution is 6.04.